The number of benzene rings is 2. The molecule has 0 aliphatic carbocycles. The number of methoxy groups -OCH3 is 2. The van der Waals surface area contributed by atoms with Gasteiger partial charge in [0.25, 0.3) is 11.8 Å². The van der Waals surface area contributed by atoms with Gasteiger partial charge in [-0.1, -0.05) is 12.1 Å². The molecule has 3 rings (SSSR count). The fourth-order valence-electron chi connectivity index (χ4n) is 3.04. The highest BCUT2D eigenvalue weighted by Crippen LogP contribution is 2.38. The van der Waals surface area contributed by atoms with Crippen LogP contribution in [0.25, 0.3) is 11.1 Å². The van der Waals surface area contributed by atoms with Crippen molar-refractivity contribution in [1.29, 1.82) is 0 Å². The van der Waals surface area contributed by atoms with Crippen molar-refractivity contribution >= 4 is 11.8 Å². The van der Waals surface area contributed by atoms with E-state index in [1.54, 1.807) is 12.1 Å². The number of imide groups is 1. The molecule has 1 aliphatic rings. The normalized spacial score (nSPS) is 12.6. The number of halogens is 1. The number of carbonyl (C=O) groups excluding carboxylic acids is 2. The van der Waals surface area contributed by atoms with Crippen molar-refractivity contribution in [2.45, 2.75) is 0 Å². The predicted octanol–water partition coefficient (Wildman–Crippen LogP) is 2.37. The molecule has 10 heteroatoms. The molecule has 0 saturated heterocycles. The Morgan fingerprint density at radius 1 is 0.844 bits per heavy atom. The summed E-state index contributed by atoms with van der Waals surface area (Å²) in [6, 6.07) is 7.49. The molecule has 0 aromatic heterocycles. The molecule has 0 radical (unpaired) electrons. The maximum atomic E-state index is 15.0. The molecule has 32 heavy (non-hydrogen) atoms. The largest absolute Gasteiger partial charge is 0.464 e. The Balaban J connectivity index is 1.88. The third-order valence-electron chi connectivity index (χ3n) is 4.53. The molecule has 1 N–H and O–H groups in total. The molecule has 0 spiro atoms. The van der Waals surface area contributed by atoms with Crippen molar-refractivity contribution < 1.29 is 42.4 Å². The van der Waals surface area contributed by atoms with Gasteiger partial charge in [0.05, 0.1) is 37.6 Å². The second-order valence-electron chi connectivity index (χ2n) is 6.62. The van der Waals surface area contributed by atoms with E-state index in [2.05, 4.69) is 5.32 Å². The first-order chi connectivity index (χ1) is 15.6. The third-order valence-corrected chi connectivity index (χ3v) is 4.53. The summed E-state index contributed by atoms with van der Waals surface area (Å²) < 4.78 is 46.3. The van der Waals surface area contributed by atoms with Gasteiger partial charge in [-0.3, -0.25) is 14.9 Å². The van der Waals surface area contributed by atoms with Gasteiger partial charge in [0, 0.05) is 14.2 Å². The van der Waals surface area contributed by atoms with Gasteiger partial charge in [0.2, 0.25) is 0 Å². The van der Waals surface area contributed by atoms with Gasteiger partial charge in [0.15, 0.2) is 30.9 Å². The first-order valence-electron chi connectivity index (χ1n) is 9.78. The van der Waals surface area contributed by atoms with E-state index in [0.717, 1.165) is 0 Å². The zero-order chi connectivity index (χ0) is 22.9. The zero-order valence-corrected chi connectivity index (χ0v) is 17.8. The summed E-state index contributed by atoms with van der Waals surface area (Å²) in [5.41, 5.74) is 1.13. The molecule has 9 nitrogen and oxygen atoms in total. The Morgan fingerprint density at radius 2 is 1.50 bits per heavy atom. The topological polar surface area (TPSA) is 102 Å². The van der Waals surface area contributed by atoms with Crippen LogP contribution >= 0.6 is 0 Å². The van der Waals surface area contributed by atoms with Crippen LogP contribution in [0.2, 0.25) is 0 Å². The lowest BCUT2D eigenvalue weighted by Gasteiger charge is -2.16. The van der Waals surface area contributed by atoms with Crippen molar-refractivity contribution in [3.05, 3.63) is 47.3 Å². The zero-order valence-electron chi connectivity index (χ0n) is 17.8. The minimum absolute atomic E-state index is 0.0510. The molecule has 0 unspecified atom stereocenters. The number of hydrogen-bond donors (Lipinski definition) is 1. The van der Waals surface area contributed by atoms with Crippen molar-refractivity contribution in [3.8, 4) is 22.6 Å². The summed E-state index contributed by atoms with van der Waals surface area (Å²) in [7, 11) is 3.07. The van der Waals surface area contributed by atoms with Crippen LogP contribution in [0, 0.1) is 5.82 Å². The van der Waals surface area contributed by atoms with E-state index in [1.807, 2.05) is 0 Å². The Bertz CT molecular complexity index is 965. The van der Waals surface area contributed by atoms with Gasteiger partial charge in [-0.2, -0.15) is 0 Å². The Labute approximate surface area is 184 Å². The van der Waals surface area contributed by atoms with Crippen LogP contribution in [0.3, 0.4) is 0 Å². The molecular weight excluding hydrogens is 425 g/mol. The van der Waals surface area contributed by atoms with Crippen LogP contribution in [0.15, 0.2) is 30.3 Å². The standard InChI is InChI=1S/C22H24FNO8/c1-27-6-8-29-12-31-18-11-14(10-17(23)20(18)32-13-30-9-7-28-2)15-4-3-5-16-19(15)22(26)24-21(16)25/h3-5,10-11H,6-9,12-13H2,1-2H3,(H,24,25,26). The van der Waals surface area contributed by atoms with Gasteiger partial charge in [-0.15, -0.1) is 0 Å². The monoisotopic (exact) mass is 449 g/mol. The lowest BCUT2D eigenvalue weighted by atomic mass is 9.96. The maximum Gasteiger partial charge on any atom is 0.259 e. The molecule has 2 aromatic carbocycles. The average Bonchev–Trinajstić information content (AvgIpc) is 3.08. The highest BCUT2D eigenvalue weighted by molar-refractivity contribution is 6.24. The van der Waals surface area contributed by atoms with Crippen LogP contribution < -0.4 is 14.8 Å². The van der Waals surface area contributed by atoms with E-state index >= 15 is 4.39 Å². The van der Waals surface area contributed by atoms with Crippen molar-refractivity contribution in [2.75, 3.05) is 54.2 Å². The van der Waals surface area contributed by atoms with E-state index in [1.165, 1.54) is 32.4 Å². The van der Waals surface area contributed by atoms with Crippen molar-refractivity contribution in [2.24, 2.45) is 0 Å². The molecule has 1 aliphatic heterocycles. The summed E-state index contributed by atoms with van der Waals surface area (Å²) in [5, 5.41) is 2.25. The Hall–Kier alpha value is -3.05. The van der Waals surface area contributed by atoms with E-state index < -0.39 is 17.6 Å². The average molecular weight is 449 g/mol. The number of nitrogens with one attached hydrogen (secondary N) is 1. The van der Waals surface area contributed by atoms with Crippen LogP contribution in [0.5, 0.6) is 11.5 Å². The molecule has 0 saturated carbocycles. The van der Waals surface area contributed by atoms with Crippen molar-refractivity contribution in [1.82, 2.24) is 5.32 Å². The fourth-order valence-corrected chi connectivity index (χ4v) is 3.04. The summed E-state index contributed by atoms with van der Waals surface area (Å²) in [6.07, 6.45) is 0. The fraction of sp³-hybridized carbons (Fsp3) is 0.364. The molecule has 2 amide bonds. The van der Waals surface area contributed by atoms with E-state index in [0.29, 0.717) is 24.3 Å². The second-order valence-corrected chi connectivity index (χ2v) is 6.62. The van der Waals surface area contributed by atoms with E-state index in [-0.39, 0.29) is 49.4 Å². The SMILES string of the molecule is COCCOCOc1cc(-c2cccc3c2C(=O)NC3=O)cc(F)c1OCOCCOC. The highest BCUT2D eigenvalue weighted by Gasteiger charge is 2.30. The summed E-state index contributed by atoms with van der Waals surface area (Å²) in [6.45, 7) is 0.877. The molecule has 0 atom stereocenters. The van der Waals surface area contributed by atoms with Gasteiger partial charge in [0.1, 0.15) is 0 Å². The molecule has 2 aromatic rings. The van der Waals surface area contributed by atoms with Crippen LogP contribution in [0.4, 0.5) is 4.39 Å². The molecule has 172 valence electrons. The van der Waals surface area contributed by atoms with E-state index in [4.69, 9.17) is 28.4 Å². The number of amides is 2. The maximum absolute atomic E-state index is 15.0. The quantitative estimate of drug-likeness (QED) is 0.283. The molecule has 0 bridgehead atoms. The van der Waals surface area contributed by atoms with Crippen molar-refractivity contribution in [3.63, 3.8) is 0 Å². The number of fused-ring (bicyclic) bond motifs is 1. The lowest BCUT2D eigenvalue weighted by molar-refractivity contribution is -0.0220. The van der Waals surface area contributed by atoms with Gasteiger partial charge in [-0.05, 0) is 29.3 Å². The van der Waals surface area contributed by atoms with Crippen LogP contribution in [-0.2, 0) is 18.9 Å². The molecule has 0 fully saturated rings. The molecular formula is C22H24FNO8. The number of hydrogen-bond acceptors (Lipinski definition) is 8. The van der Waals surface area contributed by atoms with E-state index in [9.17, 15) is 9.59 Å². The second kappa shape index (κ2) is 11.5. The third kappa shape index (κ3) is 5.60. The summed E-state index contributed by atoms with van der Waals surface area (Å²) >= 11 is 0. The van der Waals surface area contributed by atoms with Gasteiger partial charge < -0.3 is 28.4 Å². The summed E-state index contributed by atoms with van der Waals surface area (Å²) in [5.74, 6) is -1.89. The van der Waals surface area contributed by atoms with Gasteiger partial charge >= 0.3 is 0 Å². The number of carbonyl (C=O) groups is 2. The minimum atomic E-state index is -0.730. The smallest absolute Gasteiger partial charge is 0.259 e. The highest BCUT2D eigenvalue weighted by atomic mass is 19.1. The first kappa shape index (κ1) is 23.6. The molecule has 1 heterocycles. The first-order valence-corrected chi connectivity index (χ1v) is 9.78. The number of ether oxygens (including phenoxy) is 6. The summed E-state index contributed by atoms with van der Waals surface area (Å²) in [4.78, 5) is 24.2. The lowest BCUT2D eigenvalue weighted by Crippen LogP contribution is -2.20. The number of rotatable bonds is 13. The minimum Gasteiger partial charge on any atom is -0.464 e. The Morgan fingerprint density at radius 3 is 2.19 bits per heavy atom. The van der Waals surface area contributed by atoms with Crippen LogP contribution in [0.1, 0.15) is 20.7 Å². The Kier molecular flexibility index (Phi) is 8.51. The predicted molar refractivity (Wildman–Crippen MR) is 110 cm³/mol. The van der Waals surface area contributed by atoms with Gasteiger partial charge in [-0.25, -0.2) is 4.39 Å². The van der Waals surface area contributed by atoms with Crippen LogP contribution in [-0.4, -0.2) is 66.0 Å².